The molecule has 1 aromatic heterocycles. The lowest BCUT2D eigenvalue weighted by Gasteiger charge is -2.13. The predicted molar refractivity (Wildman–Crippen MR) is 97.4 cm³/mol. The molecule has 1 heterocycles. The van der Waals surface area contributed by atoms with Gasteiger partial charge in [0, 0.05) is 35.0 Å². The number of benzene rings is 1. The summed E-state index contributed by atoms with van der Waals surface area (Å²) in [5.41, 5.74) is 0. The Morgan fingerprint density at radius 1 is 1.33 bits per heavy atom. The van der Waals surface area contributed by atoms with E-state index in [2.05, 4.69) is 15.9 Å². The van der Waals surface area contributed by atoms with Crippen molar-refractivity contribution in [2.75, 3.05) is 25.8 Å². The minimum absolute atomic E-state index is 0.0196. The normalized spacial score (nSPS) is 11.0. The van der Waals surface area contributed by atoms with Crippen LogP contribution in [0.2, 0.25) is 0 Å². The summed E-state index contributed by atoms with van der Waals surface area (Å²) in [6.07, 6.45) is 2.00. The van der Waals surface area contributed by atoms with E-state index in [1.165, 1.54) is 18.4 Å². The van der Waals surface area contributed by atoms with Crippen molar-refractivity contribution in [1.82, 2.24) is 0 Å². The summed E-state index contributed by atoms with van der Waals surface area (Å²) in [5.74, 6) is -0.148. The third kappa shape index (κ3) is 4.46. The highest BCUT2D eigenvalue weighted by Gasteiger charge is 2.20. The molecule has 2 aromatic rings. The van der Waals surface area contributed by atoms with Crippen molar-refractivity contribution < 1.29 is 23.4 Å². The van der Waals surface area contributed by atoms with Gasteiger partial charge < -0.3 is 14.2 Å². The second-order valence-electron chi connectivity index (χ2n) is 5.16. The Labute approximate surface area is 153 Å². The average Bonchev–Trinajstić information content (AvgIpc) is 2.99. The molecule has 0 amide bonds. The van der Waals surface area contributed by atoms with Gasteiger partial charge in [0.25, 0.3) is 0 Å². The van der Waals surface area contributed by atoms with Crippen LogP contribution in [0.4, 0.5) is 4.39 Å². The van der Waals surface area contributed by atoms with Crippen LogP contribution in [0.1, 0.15) is 35.9 Å². The highest BCUT2D eigenvalue weighted by molar-refractivity contribution is 9.09. The number of ether oxygens (including phenoxy) is 3. The summed E-state index contributed by atoms with van der Waals surface area (Å²) in [5, 5.41) is 1.17. The van der Waals surface area contributed by atoms with Gasteiger partial charge in [-0.15, -0.1) is 11.3 Å². The standard InChI is InChI=1S/C17H20BrFO4S/c1-3-5-12(20)15-8-11-14(24-15)9-13(22-7-4-6-18)17(16(11)19)23-10-21-2/h8-9H,3-7,10H2,1-2H3. The molecule has 0 unspecified atom stereocenters. The number of rotatable bonds is 10. The Morgan fingerprint density at radius 3 is 2.79 bits per heavy atom. The van der Waals surface area contributed by atoms with Gasteiger partial charge >= 0.3 is 0 Å². The number of hydrogen-bond donors (Lipinski definition) is 0. The zero-order valence-corrected chi connectivity index (χ0v) is 16.1. The molecule has 2 rings (SSSR count). The highest BCUT2D eigenvalue weighted by Crippen LogP contribution is 2.40. The monoisotopic (exact) mass is 418 g/mol. The maximum atomic E-state index is 14.9. The number of ketones is 1. The summed E-state index contributed by atoms with van der Waals surface area (Å²) in [7, 11) is 1.47. The van der Waals surface area contributed by atoms with Crippen LogP contribution in [0, 0.1) is 5.82 Å². The maximum absolute atomic E-state index is 14.9. The van der Waals surface area contributed by atoms with Gasteiger partial charge in [-0.2, -0.15) is 0 Å². The van der Waals surface area contributed by atoms with Crippen LogP contribution in [-0.2, 0) is 4.74 Å². The lowest BCUT2D eigenvalue weighted by molar-refractivity contribution is 0.0459. The zero-order valence-electron chi connectivity index (χ0n) is 13.7. The van der Waals surface area contributed by atoms with Crippen LogP contribution in [-0.4, -0.2) is 31.6 Å². The van der Waals surface area contributed by atoms with E-state index in [0.717, 1.165) is 18.2 Å². The number of halogens is 2. The SMILES string of the molecule is CCCC(=O)c1cc2c(F)c(OCOC)c(OCCCBr)cc2s1. The fraction of sp³-hybridized carbons (Fsp3) is 0.471. The fourth-order valence-corrected chi connectivity index (χ4v) is 3.47. The molecule has 0 saturated carbocycles. The van der Waals surface area contributed by atoms with E-state index in [1.54, 1.807) is 12.1 Å². The fourth-order valence-electron chi connectivity index (χ4n) is 2.18. The lowest BCUT2D eigenvalue weighted by Crippen LogP contribution is -2.05. The molecule has 0 aliphatic rings. The third-order valence-electron chi connectivity index (χ3n) is 3.29. The molecule has 0 radical (unpaired) electrons. The van der Waals surface area contributed by atoms with Gasteiger partial charge in [0.15, 0.2) is 24.1 Å². The summed E-state index contributed by atoms with van der Waals surface area (Å²) in [4.78, 5) is 12.6. The van der Waals surface area contributed by atoms with Crippen LogP contribution in [0.3, 0.4) is 0 Å². The van der Waals surface area contributed by atoms with Gasteiger partial charge in [-0.25, -0.2) is 4.39 Å². The van der Waals surface area contributed by atoms with Crippen molar-refractivity contribution in [2.24, 2.45) is 0 Å². The smallest absolute Gasteiger partial charge is 0.200 e. The Morgan fingerprint density at radius 2 is 2.12 bits per heavy atom. The molecule has 0 N–H and O–H groups in total. The topological polar surface area (TPSA) is 44.8 Å². The molecule has 0 aliphatic carbocycles. The van der Waals surface area contributed by atoms with E-state index in [9.17, 15) is 9.18 Å². The number of fused-ring (bicyclic) bond motifs is 1. The quantitative estimate of drug-likeness (QED) is 0.231. The van der Waals surface area contributed by atoms with E-state index in [4.69, 9.17) is 14.2 Å². The first-order chi connectivity index (χ1) is 11.6. The molecule has 7 heteroatoms. The molecule has 0 aliphatic heterocycles. The lowest BCUT2D eigenvalue weighted by atomic mass is 10.1. The predicted octanol–water partition coefficient (Wildman–Crippen LogP) is 5.17. The molecule has 0 bridgehead atoms. The van der Waals surface area contributed by atoms with Crippen LogP contribution in [0.15, 0.2) is 12.1 Å². The first-order valence-corrected chi connectivity index (χ1v) is 9.65. The van der Waals surface area contributed by atoms with Crippen LogP contribution >= 0.6 is 27.3 Å². The minimum atomic E-state index is -0.523. The van der Waals surface area contributed by atoms with E-state index < -0.39 is 5.82 Å². The summed E-state index contributed by atoms with van der Waals surface area (Å²) in [6, 6.07) is 3.32. The van der Waals surface area contributed by atoms with E-state index in [1.807, 2.05) is 6.92 Å². The zero-order chi connectivity index (χ0) is 17.5. The Bertz CT molecular complexity index is 701. The van der Waals surface area contributed by atoms with Crippen molar-refractivity contribution in [3.8, 4) is 11.5 Å². The largest absolute Gasteiger partial charge is 0.489 e. The van der Waals surface area contributed by atoms with Crippen molar-refractivity contribution in [1.29, 1.82) is 0 Å². The minimum Gasteiger partial charge on any atom is -0.489 e. The second-order valence-corrected chi connectivity index (χ2v) is 7.03. The van der Waals surface area contributed by atoms with Gasteiger partial charge in [-0.1, -0.05) is 22.9 Å². The molecule has 0 atom stereocenters. The molecule has 1 aromatic carbocycles. The van der Waals surface area contributed by atoms with E-state index >= 15 is 0 Å². The average molecular weight is 419 g/mol. The molecule has 4 nitrogen and oxygen atoms in total. The van der Waals surface area contributed by atoms with Gasteiger partial charge in [-0.3, -0.25) is 4.79 Å². The van der Waals surface area contributed by atoms with Gasteiger partial charge in [0.1, 0.15) is 0 Å². The number of carbonyl (C=O) groups is 1. The molecular weight excluding hydrogens is 399 g/mol. The summed E-state index contributed by atoms with van der Waals surface area (Å²) in [6.45, 7) is 2.30. The third-order valence-corrected chi connectivity index (χ3v) is 4.97. The van der Waals surface area contributed by atoms with Crippen LogP contribution in [0.25, 0.3) is 10.1 Å². The molecule has 0 spiro atoms. The van der Waals surface area contributed by atoms with Crippen molar-refractivity contribution in [2.45, 2.75) is 26.2 Å². The first kappa shape index (κ1) is 19.1. The van der Waals surface area contributed by atoms with Crippen LogP contribution in [0.5, 0.6) is 11.5 Å². The second kappa shape index (κ2) is 9.34. The number of Topliss-reactive ketones (excluding diaryl/α,β-unsaturated/α-hetero) is 1. The van der Waals surface area contributed by atoms with Crippen LogP contribution < -0.4 is 9.47 Å². The number of alkyl halides is 1. The summed E-state index contributed by atoms with van der Waals surface area (Å²) >= 11 is 4.61. The Hall–Kier alpha value is -1.18. The molecule has 132 valence electrons. The van der Waals surface area contributed by atoms with Crippen molar-refractivity contribution >= 4 is 43.1 Å². The number of methoxy groups -OCH3 is 1. The van der Waals surface area contributed by atoms with E-state index in [-0.39, 0.29) is 18.3 Å². The molecular formula is C17H20BrFO4S. The molecule has 0 saturated heterocycles. The van der Waals surface area contributed by atoms with Gasteiger partial charge in [-0.05, 0) is 18.9 Å². The number of hydrogen-bond acceptors (Lipinski definition) is 5. The van der Waals surface area contributed by atoms with E-state index in [0.29, 0.717) is 33.7 Å². The number of carbonyl (C=O) groups excluding carboxylic acids is 1. The highest BCUT2D eigenvalue weighted by atomic mass is 79.9. The Balaban J connectivity index is 2.42. The van der Waals surface area contributed by atoms with Gasteiger partial charge in [0.2, 0.25) is 5.75 Å². The summed E-state index contributed by atoms with van der Waals surface area (Å²) < 4.78 is 31.4. The van der Waals surface area contributed by atoms with Crippen molar-refractivity contribution in [3.63, 3.8) is 0 Å². The maximum Gasteiger partial charge on any atom is 0.200 e. The van der Waals surface area contributed by atoms with Crippen molar-refractivity contribution in [3.05, 3.63) is 22.8 Å². The Kier molecular flexibility index (Phi) is 7.45. The molecule has 0 fully saturated rings. The van der Waals surface area contributed by atoms with Gasteiger partial charge in [0.05, 0.1) is 11.5 Å². The number of thiophene rings is 1. The molecule has 24 heavy (non-hydrogen) atoms. The first-order valence-electron chi connectivity index (χ1n) is 7.72.